The highest BCUT2D eigenvalue weighted by Gasteiger charge is 2.28. The van der Waals surface area contributed by atoms with Gasteiger partial charge in [0.1, 0.15) is 12.1 Å². The minimum Gasteiger partial charge on any atom is -0.343 e. The molecule has 0 radical (unpaired) electrons. The second-order valence-electron chi connectivity index (χ2n) is 8.59. The highest BCUT2D eigenvalue weighted by atomic mass is 19.1. The van der Waals surface area contributed by atoms with E-state index in [1.807, 2.05) is 30.3 Å². The Morgan fingerprint density at radius 3 is 2.19 bits per heavy atom. The summed E-state index contributed by atoms with van der Waals surface area (Å²) in [6.45, 7) is 6.64. The first kappa shape index (κ1) is 23.6. The molecule has 3 rings (SSSR count). The summed E-state index contributed by atoms with van der Waals surface area (Å²) in [5, 5.41) is 0. The van der Waals surface area contributed by atoms with E-state index in [0.29, 0.717) is 6.42 Å². The molecule has 0 atom stereocenters. The van der Waals surface area contributed by atoms with Crippen molar-refractivity contribution in [3.8, 4) is 22.4 Å². The lowest BCUT2D eigenvalue weighted by molar-refractivity contribution is -0.107. The number of carbonyl (C=O) groups is 2. The molecule has 0 aliphatic heterocycles. The standard InChI is InChI=1S/C28H32FNO2/c1-20(2)27-25(21(3)32)26(22-12-8-7-9-13-22)28(23-14-16-24(29)17-15-23)30(27)18-10-5-4-6-11-19-31/h7-9,12-17,19-20H,4-6,10-11,18H2,1-3H3. The minimum atomic E-state index is -0.279. The van der Waals surface area contributed by atoms with Crippen molar-refractivity contribution in [2.24, 2.45) is 0 Å². The molecule has 0 amide bonds. The largest absolute Gasteiger partial charge is 0.343 e. The Morgan fingerprint density at radius 1 is 0.938 bits per heavy atom. The number of hydrogen-bond acceptors (Lipinski definition) is 2. The van der Waals surface area contributed by atoms with Gasteiger partial charge in [0, 0.05) is 29.8 Å². The van der Waals surface area contributed by atoms with Crippen molar-refractivity contribution in [3.05, 3.63) is 71.7 Å². The SMILES string of the molecule is CC(=O)c1c(-c2ccccc2)c(-c2ccc(F)cc2)n(CCCCCCC=O)c1C(C)C. The van der Waals surface area contributed by atoms with Crippen molar-refractivity contribution in [1.82, 2.24) is 4.57 Å². The van der Waals surface area contributed by atoms with Gasteiger partial charge in [-0.25, -0.2) is 4.39 Å². The summed E-state index contributed by atoms with van der Waals surface area (Å²) in [7, 11) is 0. The normalized spacial score (nSPS) is 11.2. The molecular formula is C28H32FNO2. The molecule has 0 bridgehead atoms. The molecule has 1 heterocycles. The number of nitrogens with zero attached hydrogens (tertiary/aromatic N) is 1. The molecule has 32 heavy (non-hydrogen) atoms. The fourth-order valence-electron chi connectivity index (χ4n) is 4.47. The number of Topliss-reactive ketones (excluding diaryl/α,β-unsaturated/α-hetero) is 1. The van der Waals surface area contributed by atoms with Gasteiger partial charge in [-0.05, 0) is 61.1 Å². The topological polar surface area (TPSA) is 39.1 Å². The predicted octanol–water partition coefficient (Wildman–Crippen LogP) is 7.44. The number of benzene rings is 2. The monoisotopic (exact) mass is 433 g/mol. The highest BCUT2D eigenvalue weighted by molar-refractivity contribution is 6.06. The Balaban J connectivity index is 2.19. The van der Waals surface area contributed by atoms with Crippen LogP contribution in [0.3, 0.4) is 0 Å². The van der Waals surface area contributed by atoms with Crippen LogP contribution in [-0.4, -0.2) is 16.6 Å². The van der Waals surface area contributed by atoms with Crippen LogP contribution in [0, 0.1) is 5.82 Å². The number of halogens is 1. The van der Waals surface area contributed by atoms with Gasteiger partial charge in [0.05, 0.1) is 5.69 Å². The van der Waals surface area contributed by atoms with Gasteiger partial charge in [0.2, 0.25) is 0 Å². The molecule has 0 saturated carbocycles. The number of carbonyl (C=O) groups excluding carboxylic acids is 2. The summed E-state index contributed by atoms with van der Waals surface area (Å²) in [6, 6.07) is 16.5. The minimum absolute atomic E-state index is 0.0423. The molecular weight excluding hydrogens is 401 g/mol. The molecule has 0 spiro atoms. The number of ketones is 1. The summed E-state index contributed by atoms with van der Waals surface area (Å²) < 4.78 is 16.0. The van der Waals surface area contributed by atoms with Crippen molar-refractivity contribution in [2.75, 3.05) is 0 Å². The van der Waals surface area contributed by atoms with E-state index >= 15 is 0 Å². The smallest absolute Gasteiger partial charge is 0.162 e. The average Bonchev–Trinajstić information content (AvgIpc) is 3.13. The number of aromatic nitrogens is 1. The van der Waals surface area contributed by atoms with Gasteiger partial charge >= 0.3 is 0 Å². The molecule has 168 valence electrons. The van der Waals surface area contributed by atoms with E-state index in [1.54, 1.807) is 19.1 Å². The van der Waals surface area contributed by atoms with Gasteiger partial charge < -0.3 is 9.36 Å². The van der Waals surface area contributed by atoms with Gasteiger partial charge in [0.25, 0.3) is 0 Å². The fourth-order valence-corrected chi connectivity index (χ4v) is 4.47. The number of hydrogen-bond donors (Lipinski definition) is 0. The van der Waals surface area contributed by atoms with Crippen molar-refractivity contribution < 1.29 is 14.0 Å². The Labute approximate surface area is 190 Å². The lowest BCUT2D eigenvalue weighted by atomic mass is 9.93. The van der Waals surface area contributed by atoms with Gasteiger partial charge in [0.15, 0.2) is 5.78 Å². The molecule has 0 saturated heterocycles. The van der Waals surface area contributed by atoms with Crippen LogP contribution in [-0.2, 0) is 11.3 Å². The number of rotatable bonds is 11. The molecule has 2 aromatic carbocycles. The summed E-state index contributed by atoms with van der Waals surface area (Å²) in [5.41, 5.74) is 5.58. The van der Waals surface area contributed by atoms with Crippen LogP contribution in [0.4, 0.5) is 4.39 Å². The van der Waals surface area contributed by atoms with E-state index in [9.17, 15) is 14.0 Å². The van der Waals surface area contributed by atoms with Crippen LogP contribution in [0.2, 0.25) is 0 Å². The maximum Gasteiger partial charge on any atom is 0.162 e. The van der Waals surface area contributed by atoms with Crippen LogP contribution in [0.5, 0.6) is 0 Å². The predicted molar refractivity (Wildman–Crippen MR) is 129 cm³/mol. The number of aldehydes is 1. The summed E-state index contributed by atoms with van der Waals surface area (Å²) in [5.74, 6) is -0.0829. The quantitative estimate of drug-likeness (QED) is 0.179. The lowest BCUT2D eigenvalue weighted by Gasteiger charge is -2.17. The first-order valence-corrected chi connectivity index (χ1v) is 11.5. The Morgan fingerprint density at radius 2 is 1.59 bits per heavy atom. The van der Waals surface area contributed by atoms with E-state index in [2.05, 4.69) is 18.4 Å². The molecule has 0 unspecified atom stereocenters. The van der Waals surface area contributed by atoms with Crippen LogP contribution >= 0.6 is 0 Å². The maximum absolute atomic E-state index is 13.7. The lowest BCUT2D eigenvalue weighted by Crippen LogP contribution is -2.09. The third-order valence-electron chi connectivity index (χ3n) is 5.84. The Hall–Kier alpha value is -3.01. The second kappa shape index (κ2) is 11.0. The maximum atomic E-state index is 13.7. The molecule has 0 fully saturated rings. The summed E-state index contributed by atoms with van der Waals surface area (Å²) in [4.78, 5) is 23.5. The zero-order valence-corrected chi connectivity index (χ0v) is 19.2. The van der Waals surface area contributed by atoms with Gasteiger partial charge in [-0.1, -0.05) is 57.0 Å². The zero-order chi connectivity index (χ0) is 23.1. The number of unbranched alkanes of at least 4 members (excludes halogenated alkanes) is 4. The molecule has 3 aromatic rings. The van der Waals surface area contributed by atoms with Crippen LogP contribution < -0.4 is 0 Å². The van der Waals surface area contributed by atoms with E-state index in [1.165, 1.54) is 12.1 Å². The highest BCUT2D eigenvalue weighted by Crippen LogP contribution is 2.42. The third kappa shape index (κ3) is 5.24. The summed E-state index contributed by atoms with van der Waals surface area (Å²) >= 11 is 0. The Bertz CT molecular complexity index is 1050. The van der Waals surface area contributed by atoms with Crippen molar-refractivity contribution in [1.29, 1.82) is 0 Å². The van der Waals surface area contributed by atoms with Gasteiger partial charge in [-0.2, -0.15) is 0 Å². The van der Waals surface area contributed by atoms with E-state index in [4.69, 9.17) is 0 Å². The van der Waals surface area contributed by atoms with Crippen LogP contribution in [0.25, 0.3) is 22.4 Å². The average molecular weight is 434 g/mol. The van der Waals surface area contributed by atoms with E-state index < -0.39 is 0 Å². The van der Waals surface area contributed by atoms with Crippen LogP contribution in [0.1, 0.15) is 74.8 Å². The molecule has 4 heteroatoms. The molecule has 0 aliphatic carbocycles. The Kier molecular flexibility index (Phi) is 8.15. The van der Waals surface area contributed by atoms with Crippen molar-refractivity contribution in [2.45, 2.75) is 65.3 Å². The van der Waals surface area contributed by atoms with Gasteiger partial charge in [-0.3, -0.25) is 4.79 Å². The molecule has 0 N–H and O–H groups in total. The first-order valence-electron chi connectivity index (χ1n) is 11.5. The fraction of sp³-hybridized carbons (Fsp3) is 0.357. The van der Waals surface area contributed by atoms with Gasteiger partial charge in [-0.15, -0.1) is 0 Å². The van der Waals surface area contributed by atoms with E-state index in [-0.39, 0.29) is 17.5 Å². The second-order valence-corrected chi connectivity index (χ2v) is 8.59. The molecule has 0 aliphatic rings. The van der Waals surface area contributed by atoms with Crippen molar-refractivity contribution in [3.63, 3.8) is 0 Å². The third-order valence-corrected chi connectivity index (χ3v) is 5.84. The van der Waals surface area contributed by atoms with Crippen molar-refractivity contribution >= 4 is 12.1 Å². The summed E-state index contributed by atoms with van der Waals surface area (Å²) in [6.07, 6.45) is 5.46. The van der Waals surface area contributed by atoms with Crippen LogP contribution in [0.15, 0.2) is 54.6 Å². The zero-order valence-electron chi connectivity index (χ0n) is 19.2. The van der Waals surface area contributed by atoms with E-state index in [0.717, 1.165) is 72.2 Å². The first-order chi connectivity index (χ1) is 15.5. The molecule has 3 nitrogen and oxygen atoms in total. The molecule has 1 aromatic heterocycles.